The highest BCUT2D eigenvalue weighted by Gasteiger charge is 2.20. The first-order valence-electron chi connectivity index (χ1n) is 7.27. The highest BCUT2D eigenvalue weighted by molar-refractivity contribution is 5.72. The summed E-state index contributed by atoms with van der Waals surface area (Å²) in [6.07, 6.45) is 5.46. The van der Waals surface area contributed by atoms with Crippen LogP contribution in [-0.2, 0) is 12.8 Å². The Kier molecular flexibility index (Phi) is 3.14. The van der Waals surface area contributed by atoms with Gasteiger partial charge in [0.2, 0.25) is 0 Å². The van der Waals surface area contributed by atoms with E-state index >= 15 is 0 Å². The maximum Gasteiger partial charge on any atom is 0.0510 e. The topological polar surface area (TPSA) is 12.9 Å². The molecule has 0 spiro atoms. The molecule has 1 heterocycles. The normalized spacial score (nSPS) is 17.5. The van der Waals surface area contributed by atoms with Gasteiger partial charge in [0.25, 0.3) is 0 Å². The Balaban J connectivity index is 2.27. The van der Waals surface area contributed by atoms with Crippen LogP contribution in [0.15, 0.2) is 30.5 Å². The second kappa shape index (κ2) is 4.80. The highest BCUT2D eigenvalue weighted by atomic mass is 14.7. The molecule has 19 heavy (non-hydrogen) atoms. The van der Waals surface area contributed by atoms with Crippen LogP contribution in [0.3, 0.4) is 0 Å². The molecule has 1 aliphatic carbocycles. The first kappa shape index (κ1) is 12.4. The maximum atomic E-state index is 4.76. The molecule has 0 saturated heterocycles. The van der Waals surface area contributed by atoms with Crippen LogP contribution in [0.2, 0.25) is 0 Å². The van der Waals surface area contributed by atoms with E-state index in [1.54, 1.807) is 0 Å². The second-order valence-corrected chi connectivity index (χ2v) is 5.73. The zero-order chi connectivity index (χ0) is 13.4. The lowest BCUT2D eigenvalue weighted by molar-refractivity contribution is 0.670. The van der Waals surface area contributed by atoms with Gasteiger partial charge in [0.15, 0.2) is 0 Å². The predicted octanol–water partition coefficient (Wildman–Crippen LogP) is 4.67. The molecule has 0 fully saturated rings. The maximum absolute atomic E-state index is 4.76. The van der Waals surface area contributed by atoms with Crippen LogP contribution in [0.1, 0.15) is 48.6 Å². The van der Waals surface area contributed by atoms with Crippen molar-refractivity contribution >= 4 is 0 Å². The smallest absolute Gasteiger partial charge is 0.0510 e. The summed E-state index contributed by atoms with van der Waals surface area (Å²) in [4.78, 5) is 4.76. The average molecular weight is 251 g/mol. The van der Waals surface area contributed by atoms with Crippen molar-refractivity contribution in [1.29, 1.82) is 0 Å². The lowest BCUT2D eigenvalue weighted by Crippen LogP contribution is -1.99. The molecule has 2 aromatic rings. The summed E-state index contributed by atoms with van der Waals surface area (Å²) in [5, 5.41) is 0. The Hall–Kier alpha value is -1.63. The molecule has 98 valence electrons. The summed E-state index contributed by atoms with van der Waals surface area (Å²) in [6.45, 7) is 6.67. The van der Waals surface area contributed by atoms with Crippen molar-refractivity contribution in [2.75, 3.05) is 0 Å². The van der Waals surface area contributed by atoms with Gasteiger partial charge in [-0.3, -0.25) is 4.98 Å². The molecule has 1 heteroatoms. The van der Waals surface area contributed by atoms with Crippen LogP contribution in [0.5, 0.6) is 0 Å². The number of benzene rings is 1. The lowest BCUT2D eigenvalue weighted by Gasteiger charge is -2.13. The summed E-state index contributed by atoms with van der Waals surface area (Å²) >= 11 is 0. The van der Waals surface area contributed by atoms with Crippen molar-refractivity contribution in [1.82, 2.24) is 4.98 Å². The van der Waals surface area contributed by atoms with Gasteiger partial charge in [0, 0.05) is 11.8 Å². The van der Waals surface area contributed by atoms with E-state index in [-0.39, 0.29) is 0 Å². The molecule has 0 radical (unpaired) electrons. The van der Waals surface area contributed by atoms with Crippen molar-refractivity contribution in [3.63, 3.8) is 0 Å². The van der Waals surface area contributed by atoms with Gasteiger partial charge in [-0.1, -0.05) is 37.6 Å². The minimum absolute atomic E-state index is 0.550. The third-order valence-electron chi connectivity index (χ3n) is 4.25. The standard InChI is InChI=1S/C18H21N/c1-4-14-10-17-16-9-12(2)5-7-15(16)8-6-13(3)18(17)19-11-14/h5,7,9-11,13H,4,6,8H2,1-3H3/t13-/m1/s1. The first-order chi connectivity index (χ1) is 9.19. The Morgan fingerprint density at radius 1 is 1.21 bits per heavy atom. The minimum atomic E-state index is 0.550. The highest BCUT2D eigenvalue weighted by Crippen LogP contribution is 2.37. The van der Waals surface area contributed by atoms with Gasteiger partial charge in [-0.05, 0) is 54.9 Å². The van der Waals surface area contributed by atoms with Crippen LogP contribution in [0.4, 0.5) is 0 Å². The fourth-order valence-corrected chi connectivity index (χ4v) is 2.99. The average Bonchev–Trinajstić information content (AvgIpc) is 2.57. The zero-order valence-electron chi connectivity index (χ0n) is 12.0. The van der Waals surface area contributed by atoms with Crippen LogP contribution in [0.25, 0.3) is 11.1 Å². The number of fused-ring (bicyclic) bond motifs is 3. The number of pyridine rings is 1. The van der Waals surface area contributed by atoms with Gasteiger partial charge in [0.1, 0.15) is 0 Å². The monoisotopic (exact) mass is 251 g/mol. The summed E-state index contributed by atoms with van der Waals surface area (Å²) in [5.74, 6) is 0.550. The number of aromatic nitrogens is 1. The molecule has 0 saturated carbocycles. The number of hydrogen-bond acceptors (Lipinski definition) is 1. The number of nitrogens with zero attached hydrogens (tertiary/aromatic N) is 1. The van der Waals surface area contributed by atoms with Gasteiger partial charge in [-0.15, -0.1) is 0 Å². The van der Waals surface area contributed by atoms with E-state index in [0.717, 1.165) is 12.8 Å². The van der Waals surface area contributed by atoms with Crippen LogP contribution >= 0.6 is 0 Å². The van der Waals surface area contributed by atoms with Crippen molar-refractivity contribution < 1.29 is 0 Å². The summed E-state index contributed by atoms with van der Waals surface area (Å²) in [7, 11) is 0. The molecule has 1 aliphatic rings. The summed E-state index contributed by atoms with van der Waals surface area (Å²) in [5.41, 5.74) is 8.19. The Bertz CT molecular complexity index is 613. The predicted molar refractivity (Wildman–Crippen MR) is 80.5 cm³/mol. The van der Waals surface area contributed by atoms with Crippen molar-refractivity contribution in [2.24, 2.45) is 0 Å². The van der Waals surface area contributed by atoms with Gasteiger partial charge in [0.05, 0.1) is 5.69 Å². The zero-order valence-corrected chi connectivity index (χ0v) is 12.0. The van der Waals surface area contributed by atoms with Crippen molar-refractivity contribution in [2.45, 2.75) is 46.0 Å². The Labute approximate surface area is 115 Å². The van der Waals surface area contributed by atoms with Crippen molar-refractivity contribution in [3.05, 3.63) is 52.8 Å². The van der Waals surface area contributed by atoms with Crippen LogP contribution < -0.4 is 0 Å². The Morgan fingerprint density at radius 2 is 2.05 bits per heavy atom. The van der Waals surface area contributed by atoms with E-state index < -0.39 is 0 Å². The SMILES string of the molecule is CCc1cnc2c(c1)-c1cc(C)ccc1CC[C@H]2C. The van der Waals surface area contributed by atoms with Crippen molar-refractivity contribution in [3.8, 4) is 11.1 Å². The van der Waals surface area contributed by atoms with Gasteiger partial charge in [-0.25, -0.2) is 0 Å². The fraction of sp³-hybridized carbons (Fsp3) is 0.389. The quantitative estimate of drug-likeness (QED) is 0.717. The largest absolute Gasteiger partial charge is 0.260 e. The Morgan fingerprint density at radius 3 is 2.84 bits per heavy atom. The van der Waals surface area contributed by atoms with E-state index in [1.807, 2.05) is 0 Å². The number of aryl methyl sites for hydroxylation is 3. The van der Waals surface area contributed by atoms with E-state index in [4.69, 9.17) is 4.98 Å². The second-order valence-electron chi connectivity index (χ2n) is 5.73. The molecule has 1 aromatic heterocycles. The molecule has 1 nitrogen and oxygen atoms in total. The third kappa shape index (κ3) is 2.18. The van der Waals surface area contributed by atoms with Gasteiger partial charge in [-0.2, -0.15) is 0 Å². The van der Waals surface area contributed by atoms with E-state index in [9.17, 15) is 0 Å². The van der Waals surface area contributed by atoms with Crippen LogP contribution in [-0.4, -0.2) is 4.98 Å². The third-order valence-corrected chi connectivity index (χ3v) is 4.25. The lowest BCUT2D eigenvalue weighted by atomic mass is 9.95. The van der Waals surface area contributed by atoms with Gasteiger partial charge < -0.3 is 0 Å². The molecule has 0 amide bonds. The van der Waals surface area contributed by atoms with E-state index in [0.29, 0.717) is 5.92 Å². The molecular weight excluding hydrogens is 230 g/mol. The van der Waals surface area contributed by atoms with E-state index in [1.165, 1.54) is 39.9 Å². The number of hydrogen-bond donors (Lipinski definition) is 0. The van der Waals surface area contributed by atoms with Crippen LogP contribution in [0, 0.1) is 6.92 Å². The fourth-order valence-electron chi connectivity index (χ4n) is 2.99. The molecule has 0 unspecified atom stereocenters. The molecule has 1 atom stereocenters. The number of rotatable bonds is 1. The van der Waals surface area contributed by atoms with Gasteiger partial charge >= 0.3 is 0 Å². The molecule has 0 aliphatic heterocycles. The van der Waals surface area contributed by atoms with E-state index in [2.05, 4.69) is 51.2 Å². The first-order valence-corrected chi connectivity index (χ1v) is 7.27. The molecule has 3 rings (SSSR count). The summed E-state index contributed by atoms with van der Waals surface area (Å²) in [6, 6.07) is 9.20. The molecular formula is C18H21N. The molecule has 1 aromatic carbocycles. The molecule has 0 bridgehead atoms. The molecule has 0 N–H and O–H groups in total. The minimum Gasteiger partial charge on any atom is -0.260 e. The summed E-state index contributed by atoms with van der Waals surface area (Å²) < 4.78 is 0.